The van der Waals surface area contributed by atoms with Crippen molar-refractivity contribution in [3.8, 4) is 5.75 Å². The number of morpholine rings is 1. The molecule has 0 aliphatic carbocycles. The number of hydrogen-bond acceptors (Lipinski definition) is 3. The van der Waals surface area contributed by atoms with Gasteiger partial charge in [0.15, 0.2) is 5.75 Å². The lowest BCUT2D eigenvalue weighted by molar-refractivity contribution is 0.0564. The minimum absolute atomic E-state index is 0.0970. The van der Waals surface area contributed by atoms with Gasteiger partial charge in [-0.25, -0.2) is 4.79 Å². The van der Waals surface area contributed by atoms with Crippen LogP contribution in [-0.2, 0) is 4.74 Å². The van der Waals surface area contributed by atoms with Crippen molar-refractivity contribution in [3.05, 3.63) is 22.2 Å². The molecule has 5 nitrogen and oxygen atoms in total. The molecule has 1 aliphatic heterocycles. The van der Waals surface area contributed by atoms with E-state index in [0.29, 0.717) is 32.0 Å². The van der Waals surface area contributed by atoms with E-state index in [1.54, 1.807) is 4.90 Å². The molecule has 0 unspecified atom stereocenters. The van der Waals surface area contributed by atoms with Crippen molar-refractivity contribution >= 4 is 34.9 Å². The maximum Gasteiger partial charge on any atom is 0.322 e. The third-order valence-corrected chi connectivity index (χ3v) is 3.14. The SMILES string of the molecule is O=C(Nc1cc(Cl)c(O)c(Cl)c1)N1CCOCC1. The summed E-state index contributed by atoms with van der Waals surface area (Å²) in [6, 6.07) is 2.65. The first kappa shape index (κ1) is 13.3. The summed E-state index contributed by atoms with van der Waals surface area (Å²) in [5.41, 5.74) is 0.444. The van der Waals surface area contributed by atoms with Crippen LogP contribution in [-0.4, -0.2) is 42.3 Å². The van der Waals surface area contributed by atoms with E-state index in [2.05, 4.69) is 5.32 Å². The highest BCUT2D eigenvalue weighted by Gasteiger charge is 2.17. The molecule has 1 saturated heterocycles. The van der Waals surface area contributed by atoms with Crippen molar-refractivity contribution in [3.63, 3.8) is 0 Å². The van der Waals surface area contributed by atoms with Crippen molar-refractivity contribution in [1.29, 1.82) is 0 Å². The van der Waals surface area contributed by atoms with Crippen molar-refractivity contribution in [2.24, 2.45) is 0 Å². The standard InChI is InChI=1S/C11H12Cl2N2O3/c12-8-5-7(6-9(13)10(8)16)14-11(17)15-1-3-18-4-2-15/h5-6,16H,1-4H2,(H,14,17). The van der Waals surface area contributed by atoms with Crippen LogP contribution in [0.1, 0.15) is 0 Å². The highest BCUT2D eigenvalue weighted by molar-refractivity contribution is 6.37. The van der Waals surface area contributed by atoms with E-state index in [4.69, 9.17) is 27.9 Å². The Bertz CT molecular complexity index is 439. The lowest BCUT2D eigenvalue weighted by Gasteiger charge is -2.27. The van der Waals surface area contributed by atoms with E-state index in [0.717, 1.165) is 0 Å². The minimum Gasteiger partial charge on any atom is -0.505 e. The number of carbonyl (C=O) groups excluding carboxylic acids is 1. The number of carbonyl (C=O) groups is 1. The van der Waals surface area contributed by atoms with E-state index in [1.165, 1.54) is 12.1 Å². The van der Waals surface area contributed by atoms with Gasteiger partial charge in [0.05, 0.1) is 23.3 Å². The zero-order valence-corrected chi connectivity index (χ0v) is 11.0. The molecule has 0 spiro atoms. The number of halogens is 2. The number of phenolic OH excluding ortho intramolecular Hbond substituents is 1. The van der Waals surface area contributed by atoms with Crippen molar-refractivity contribution in [2.45, 2.75) is 0 Å². The van der Waals surface area contributed by atoms with Crippen LogP contribution in [0.4, 0.5) is 10.5 Å². The number of anilines is 1. The molecule has 1 aromatic rings. The Morgan fingerprint density at radius 3 is 2.39 bits per heavy atom. The molecular formula is C11H12Cl2N2O3. The van der Waals surface area contributed by atoms with E-state index in [9.17, 15) is 9.90 Å². The topological polar surface area (TPSA) is 61.8 Å². The Morgan fingerprint density at radius 1 is 1.28 bits per heavy atom. The van der Waals surface area contributed by atoms with Gasteiger partial charge in [-0.1, -0.05) is 23.2 Å². The van der Waals surface area contributed by atoms with Crippen LogP contribution in [0.25, 0.3) is 0 Å². The number of benzene rings is 1. The fourth-order valence-corrected chi connectivity index (χ4v) is 2.09. The Hall–Kier alpha value is -1.17. The maximum atomic E-state index is 11.9. The van der Waals surface area contributed by atoms with Crippen LogP contribution in [0.5, 0.6) is 5.75 Å². The number of phenols is 1. The van der Waals surface area contributed by atoms with Gasteiger partial charge in [0, 0.05) is 18.8 Å². The number of rotatable bonds is 1. The third-order valence-electron chi connectivity index (χ3n) is 2.57. The monoisotopic (exact) mass is 290 g/mol. The van der Waals surface area contributed by atoms with E-state index in [1.807, 2.05) is 0 Å². The molecule has 7 heteroatoms. The number of nitrogens with zero attached hydrogens (tertiary/aromatic N) is 1. The summed E-state index contributed by atoms with van der Waals surface area (Å²) in [5, 5.41) is 12.3. The largest absolute Gasteiger partial charge is 0.505 e. The smallest absolute Gasteiger partial charge is 0.322 e. The average Bonchev–Trinajstić information content (AvgIpc) is 2.37. The van der Waals surface area contributed by atoms with Gasteiger partial charge < -0.3 is 20.1 Å². The summed E-state index contributed by atoms with van der Waals surface area (Å²) in [6.45, 7) is 2.16. The quantitative estimate of drug-likeness (QED) is 0.782. The van der Waals surface area contributed by atoms with E-state index in [-0.39, 0.29) is 21.8 Å². The van der Waals surface area contributed by atoms with E-state index >= 15 is 0 Å². The van der Waals surface area contributed by atoms with Gasteiger partial charge >= 0.3 is 6.03 Å². The molecule has 0 bridgehead atoms. The van der Waals surface area contributed by atoms with E-state index < -0.39 is 0 Å². The van der Waals surface area contributed by atoms with Crippen molar-refractivity contribution in [1.82, 2.24) is 4.90 Å². The first-order valence-electron chi connectivity index (χ1n) is 5.39. The molecule has 18 heavy (non-hydrogen) atoms. The van der Waals surface area contributed by atoms with Gasteiger partial charge in [-0.3, -0.25) is 0 Å². The van der Waals surface area contributed by atoms with Crippen molar-refractivity contribution < 1.29 is 14.6 Å². The molecular weight excluding hydrogens is 279 g/mol. The fraction of sp³-hybridized carbons (Fsp3) is 0.364. The molecule has 1 heterocycles. The zero-order valence-electron chi connectivity index (χ0n) is 9.45. The number of hydrogen-bond donors (Lipinski definition) is 2. The van der Waals surface area contributed by atoms with Gasteiger partial charge in [-0.2, -0.15) is 0 Å². The van der Waals surface area contributed by atoms with Crippen LogP contribution in [0, 0.1) is 0 Å². The lowest BCUT2D eigenvalue weighted by Crippen LogP contribution is -2.43. The predicted molar refractivity (Wildman–Crippen MR) is 69.5 cm³/mol. The summed E-state index contributed by atoms with van der Waals surface area (Å²) >= 11 is 11.5. The zero-order chi connectivity index (χ0) is 13.1. The van der Waals surface area contributed by atoms with Gasteiger partial charge in [-0.15, -0.1) is 0 Å². The van der Waals surface area contributed by atoms with Gasteiger partial charge in [0.1, 0.15) is 0 Å². The molecule has 0 radical (unpaired) electrons. The van der Waals surface area contributed by atoms with Gasteiger partial charge in [0.2, 0.25) is 0 Å². The fourth-order valence-electron chi connectivity index (χ4n) is 1.61. The van der Waals surface area contributed by atoms with Crippen LogP contribution in [0.2, 0.25) is 10.0 Å². The Kier molecular flexibility index (Phi) is 4.16. The molecule has 0 saturated carbocycles. The van der Waals surface area contributed by atoms with Crippen molar-refractivity contribution in [2.75, 3.05) is 31.6 Å². The lowest BCUT2D eigenvalue weighted by atomic mass is 10.3. The predicted octanol–water partition coefficient (Wildman–Crippen LogP) is 2.56. The van der Waals surface area contributed by atoms with Crippen LogP contribution >= 0.6 is 23.2 Å². The molecule has 2 rings (SSSR count). The molecule has 2 amide bonds. The molecule has 1 fully saturated rings. The highest BCUT2D eigenvalue weighted by atomic mass is 35.5. The normalized spacial score (nSPS) is 15.6. The van der Waals surface area contributed by atoms with Crippen LogP contribution < -0.4 is 5.32 Å². The number of nitrogens with one attached hydrogen (secondary N) is 1. The second-order valence-corrected chi connectivity index (χ2v) is 4.63. The van der Waals surface area contributed by atoms with Gasteiger partial charge in [0.25, 0.3) is 0 Å². The molecule has 98 valence electrons. The maximum absolute atomic E-state index is 11.9. The molecule has 2 N–H and O–H groups in total. The first-order chi connectivity index (χ1) is 8.58. The molecule has 1 aromatic carbocycles. The highest BCUT2D eigenvalue weighted by Crippen LogP contribution is 2.34. The number of urea groups is 1. The van der Waals surface area contributed by atoms with Gasteiger partial charge in [-0.05, 0) is 12.1 Å². The average molecular weight is 291 g/mol. The second kappa shape index (κ2) is 5.65. The van der Waals surface area contributed by atoms with Crippen LogP contribution in [0.15, 0.2) is 12.1 Å². The third kappa shape index (κ3) is 2.98. The summed E-state index contributed by atoms with van der Waals surface area (Å²) in [5.74, 6) is -0.192. The summed E-state index contributed by atoms with van der Waals surface area (Å²) < 4.78 is 5.16. The first-order valence-corrected chi connectivity index (χ1v) is 6.15. The summed E-state index contributed by atoms with van der Waals surface area (Å²) in [4.78, 5) is 13.5. The Balaban J connectivity index is 2.06. The number of ether oxygens (including phenoxy) is 1. The second-order valence-electron chi connectivity index (χ2n) is 3.82. The number of amides is 2. The minimum atomic E-state index is -0.240. The Morgan fingerprint density at radius 2 is 1.83 bits per heavy atom. The number of aromatic hydroxyl groups is 1. The molecule has 1 aliphatic rings. The molecule has 0 atom stereocenters. The van der Waals surface area contributed by atoms with Crippen LogP contribution in [0.3, 0.4) is 0 Å². The molecule has 0 aromatic heterocycles. The summed E-state index contributed by atoms with van der Waals surface area (Å²) in [7, 11) is 0. The summed E-state index contributed by atoms with van der Waals surface area (Å²) in [6.07, 6.45) is 0. The Labute approximate surface area is 114 Å².